The van der Waals surface area contributed by atoms with Gasteiger partial charge in [-0.3, -0.25) is 4.31 Å². The molecule has 0 fully saturated rings. The SMILES string of the molecule is O=S(=O)(Cc1ccccc1)N(Cc1ccccc1)c1ccccc1OCc1ccccc1. The second-order valence-corrected chi connectivity index (χ2v) is 9.37. The molecule has 0 unspecified atom stereocenters. The fraction of sp³-hybridized carbons (Fsp3) is 0.111. The van der Waals surface area contributed by atoms with Crippen molar-refractivity contribution in [2.24, 2.45) is 0 Å². The second-order valence-electron chi connectivity index (χ2n) is 7.48. The van der Waals surface area contributed by atoms with Gasteiger partial charge in [0.1, 0.15) is 12.4 Å². The summed E-state index contributed by atoms with van der Waals surface area (Å²) in [6.45, 7) is 0.581. The van der Waals surface area contributed by atoms with Gasteiger partial charge in [-0.2, -0.15) is 0 Å². The lowest BCUT2D eigenvalue weighted by atomic mass is 10.2. The first-order valence-corrected chi connectivity index (χ1v) is 12.1. The highest BCUT2D eigenvalue weighted by Gasteiger charge is 2.26. The summed E-state index contributed by atoms with van der Waals surface area (Å²) in [5, 5.41) is 0. The van der Waals surface area contributed by atoms with E-state index in [1.54, 1.807) is 6.07 Å². The van der Waals surface area contributed by atoms with Gasteiger partial charge in [0, 0.05) is 0 Å². The van der Waals surface area contributed by atoms with Crippen molar-refractivity contribution >= 4 is 15.7 Å². The third-order valence-corrected chi connectivity index (χ3v) is 6.76. The van der Waals surface area contributed by atoms with Gasteiger partial charge in [0.15, 0.2) is 0 Å². The number of hydrogen-bond acceptors (Lipinski definition) is 3. The van der Waals surface area contributed by atoms with Gasteiger partial charge < -0.3 is 4.74 Å². The predicted molar refractivity (Wildman–Crippen MR) is 129 cm³/mol. The third kappa shape index (κ3) is 5.56. The molecule has 162 valence electrons. The zero-order valence-corrected chi connectivity index (χ0v) is 18.5. The summed E-state index contributed by atoms with van der Waals surface area (Å²) >= 11 is 0. The Hall–Kier alpha value is -3.57. The van der Waals surface area contributed by atoms with Gasteiger partial charge in [0.25, 0.3) is 0 Å². The molecule has 0 heterocycles. The van der Waals surface area contributed by atoms with Crippen LogP contribution in [0.2, 0.25) is 0 Å². The van der Waals surface area contributed by atoms with Crippen LogP contribution in [0.1, 0.15) is 16.7 Å². The third-order valence-electron chi connectivity index (χ3n) is 5.07. The quantitative estimate of drug-likeness (QED) is 0.328. The van der Waals surface area contributed by atoms with Gasteiger partial charge in [0.05, 0.1) is 18.0 Å². The molecule has 0 saturated heterocycles. The van der Waals surface area contributed by atoms with E-state index in [9.17, 15) is 8.42 Å². The fourth-order valence-corrected chi connectivity index (χ4v) is 5.03. The van der Waals surface area contributed by atoms with Crippen molar-refractivity contribution in [2.45, 2.75) is 18.9 Å². The summed E-state index contributed by atoms with van der Waals surface area (Å²) in [5.41, 5.74) is 3.20. The van der Waals surface area contributed by atoms with Crippen molar-refractivity contribution in [1.29, 1.82) is 0 Å². The lowest BCUT2D eigenvalue weighted by Gasteiger charge is -2.27. The van der Waals surface area contributed by atoms with Crippen LogP contribution >= 0.6 is 0 Å². The average molecular weight is 444 g/mol. The Morgan fingerprint density at radius 3 is 1.72 bits per heavy atom. The first kappa shape index (κ1) is 21.7. The maximum atomic E-state index is 13.6. The van der Waals surface area contributed by atoms with Crippen LogP contribution in [0.4, 0.5) is 5.69 Å². The zero-order chi connectivity index (χ0) is 22.2. The molecule has 0 aliphatic carbocycles. The highest BCUT2D eigenvalue weighted by molar-refractivity contribution is 7.92. The summed E-state index contributed by atoms with van der Waals surface area (Å²) in [6.07, 6.45) is 0. The van der Waals surface area contributed by atoms with E-state index in [1.807, 2.05) is 109 Å². The molecule has 0 amide bonds. The predicted octanol–water partition coefficient (Wildman–Crippen LogP) is 5.80. The molecule has 0 saturated carbocycles. The number of sulfonamides is 1. The molecule has 4 nitrogen and oxygen atoms in total. The normalized spacial score (nSPS) is 11.1. The molecule has 0 aromatic heterocycles. The Morgan fingerprint density at radius 2 is 1.09 bits per heavy atom. The maximum absolute atomic E-state index is 13.6. The average Bonchev–Trinajstić information content (AvgIpc) is 2.83. The van der Waals surface area contributed by atoms with Crippen molar-refractivity contribution in [2.75, 3.05) is 4.31 Å². The monoisotopic (exact) mass is 443 g/mol. The largest absolute Gasteiger partial charge is 0.487 e. The molecule has 4 aromatic carbocycles. The van der Waals surface area contributed by atoms with E-state index in [2.05, 4.69) is 0 Å². The smallest absolute Gasteiger partial charge is 0.239 e. The number of para-hydroxylation sites is 2. The Balaban J connectivity index is 1.68. The standard InChI is InChI=1S/C27H25NO3S/c29-32(30,22-25-16-8-3-9-17-25)28(20-23-12-4-1-5-13-23)26-18-10-11-19-27(26)31-21-24-14-6-2-7-15-24/h1-19H,20-22H2. The molecule has 0 atom stereocenters. The van der Waals surface area contributed by atoms with E-state index < -0.39 is 10.0 Å². The number of anilines is 1. The summed E-state index contributed by atoms with van der Waals surface area (Å²) in [4.78, 5) is 0. The maximum Gasteiger partial charge on any atom is 0.239 e. The van der Waals surface area contributed by atoms with E-state index in [1.165, 1.54) is 4.31 Å². The summed E-state index contributed by atoms with van der Waals surface area (Å²) in [5.74, 6) is 0.442. The highest BCUT2D eigenvalue weighted by atomic mass is 32.2. The van der Waals surface area contributed by atoms with Crippen LogP contribution in [0.3, 0.4) is 0 Å². The van der Waals surface area contributed by atoms with Crippen LogP contribution in [-0.2, 0) is 28.9 Å². The highest BCUT2D eigenvalue weighted by Crippen LogP contribution is 2.33. The molecular formula is C27H25NO3S. The van der Waals surface area contributed by atoms with Crippen LogP contribution < -0.4 is 9.04 Å². The molecule has 4 aromatic rings. The molecule has 0 bridgehead atoms. The lowest BCUT2D eigenvalue weighted by molar-refractivity contribution is 0.307. The Labute approximate surface area is 189 Å². The van der Waals surface area contributed by atoms with Crippen LogP contribution in [0.15, 0.2) is 115 Å². The van der Waals surface area contributed by atoms with Crippen molar-refractivity contribution in [3.8, 4) is 5.75 Å². The molecule has 0 spiro atoms. The minimum absolute atomic E-state index is 0.0896. The van der Waals surface area contributed by atoms with Crippen LogP contribution in [0.5, 0.6) is 5.75 Å². The number of rotatable bonds is 9. The fourth-order valence-electron chi connectivity index (χ4n) is 3.47. The molecule has 0 aliphatic heterocycles. The number of hydrogen-bond donors (Lipinski definition) is 0. The molecule has 0 radical (unpaired) electrons. The lowest BCUT2D eigenvalue weighted by Crippen LogP contribution is -2.32. The first-order valence-electron chi connectivity index (χ1n) is 10.5. The van der Waals surface area contributed by atoms with Crippen molar-refractivity contribution < 1.29 is 13.2 Å². The minimum atomic E-state index is -3.68. The molecule has 4 rings (SSSR count). The van der Waals surface area contributed by atoms with Gasteiger partial charge in [0.2, 0.25) is 10.0 Å². The molecule has 0 N–H and O–H groups in total. The summed E-state index contributed by atoms with van der Waals surface area (Å²) in [7, 11) is -3.68. The van der Waals surface area contributed by atoms with Crippen molar-refractivity contribution in [1.82, 2.24) is 0 Å². The Kier molecular flexibility index (Phi) is 6.87. The molecule has 32 heavy (non-hydrogen) atoms. The van der Waals surface area contributed by atoms with Crippen LogP contribution in [0, 0.1) is 0 Å². The van der Waals surface area contributed by atoms with Gasteiger partial charge in [-0.25, -0.2) is 8.42 Å². The van der Waals surface area contributed by atoms with Gasteiger partial charge >= 0.3 is 0 Å². The number of benzene rings is 4. The van der Waals surface area contributed by atoms with Gasteiger partial charge in [-0.15, -0.1) is 0 Å². The minimum Gasteiger partial charge on any atom is -0.487 e. The first-order chi connectivity index (χ1) is 15.6. The van der Waals surface area contributed by atoms with E-state index >= 15 is 0 Å². The van der Waals surface area contributed by atoms with Crippen LogP contribution in [-0.4, -0.2) is 8.42 Å². The van der Waals surface area contributed by atoms with Gasteiger partial charge in [-0.05, 0) is 28.8 Å². The molecular weight excluding hydrogens is 418 g/mol. The Bertz CT molecular complexity index is 1230. The zero-order valence-electron chi connectivity index (χ0n) is 17.7. The second kappa shape index (κ2) is 10.2. The Morgan fingerprint density at radius 1 is 0.594 bits per heavy atom. The van der Waals surface area contributed by atoms with Crippen molar-refractivity contribution in [3.63, 3.8) is 0 Å². The topological polar surface area (TPSA) is 46.6 Å². The number of nitrogens with zero attached hydrogens (tertiary/aromatic N) is 1. The number of ether oxygens (including phenoxy) is 1. The van der Waals surface area contributed by atoms with Crippen LogP contribution in [0.25, 0.3) is 0 Å². The van der Waals surface area contributed by atoms with Gasteiger partial charge in [-0.1, -0.05) is 103 Å². The summed E-state index contributed by atoms with van der Waals surface area (Å²) in [6, 6.07) is 36.0. The van der Waals surface area contributed by atoms with E-state index in [0.717, 1.165) is 16.7 Å². The van der Waals surface area contributed by atoms with E-state index in [0.29, 0.717) is 18.0 Å². The van der Waals surface area contributed by atoms with E-state index in [4.69, 9.17) is 4.74 Å². The molecule has 5 heteroatoms. The summed E-state index contributed by atoms with van der Waals surface area (Å²) < 4.78 is 34.7. The molecule has 0 aliphatic rings. The van der Waals surface area contributed by atoms with Crippen molar-refractivity contribution in [3.05, 3.63) is 132 Å². The van der Waals surface area contributed by atoms with E-state index in [-0.39, 0.29) is 12.3 Å².